The SMILES string of the molecule is [N-]=[N+]=NCCc1ccc(O)c(CO)c1. The summed E-state index contributed by atoms with van der Waals surface area (Å²) in [6.07, 6.45) is 0.608. The number of phenols is 1. The zero-order chi connectivity index (χ0) is 10.4. The van der Waals surface area contributed by atoms with Gasteiger partial charge in [0.1, 0.15) is 5.75 Å². The lowest BCUT2D eigenvalue weighted by Crippen LogP contribution is -1.91. The maximum atomic E-state index is 9.26. The van der Waals surface area contributed by atoms with Gasteiger partial charge in [-0.25, -0.2) is 0 Å². The van der Waals surface area contributed by atoms with E-state index in [2.05, 4.69) is 10.0 Å². The standard InChI is InChI=1S/C9H11N3O2/c10-12-11-4-3-7-1-2-9(14)8(5-7)6-13/h1-2,5,13-14H,3-4,6H2. The lowest BCUT2D eigenvalue weighted by molar-refractivity contribution is 0.275. The Morgan fingerprint density at radius 3 is 2.86 bits per heavy atom. The van der Waals surface area contributed by atoms with Gasteiger partial charge in [-0.15, -0.1) is 0 Å². The highest BCUT2D eigenvalue weighted by molar-refractivity contribution is 5.35. The van der Waals surface area contributed by atoms with E-state index in [0.717, 1.165) is 5.56 Å². The summed E-state index contributed by atoms with van der Waals surface area (Å²) >= 11 is 0. The maximum Gasteiger partial charge on any atom is 0.121 e. The highest BCUT2D eigenvalue weighted by Crippen LogP contribution is 2.18. The Kier molecular flexibility index (Phi) is 3.79. The molecular formula is C9H11N3O2. The number of aliphatic hydroxyl groups excluding tert-OH is 1. The summed E-state index contributed by atoms with van der Waals surface area (Å²) in [6.45, 7) is 0.188. The number of azide groups is 1. The first-order chi connectivity index (χ1) is 6.77. The Labute approximate surface area is 81.2 Å². The second kappa shape index (κ2) is 5.11. The fourth-order valence-corrected chi connectivity index (χ4v) is 1.14. The molecule has 0 bridgehead atoms. The van der Waals surface area contributed by atoms with E-state index in [1.54, 1.807) is 12.1 Å². The van der Waals surface area contributed by atoms with Crippen molar-refractivity contribution in [3.05, 3.63) is 39.8 Å². The number of hydrogen-bond donors (Lipinski definition) is 2. The molecule has 0 saturated heterocycles. The van der Waals surface area contributed by atoms with Crippen molar-refractivity contribution in [2.24, 2.45) is 5.11 Å². The zero-order valence-corrected chi connectivity index (χ0v) is 7.59. The van der Waals surface area contributed by atoms with Crippen molar-refractivity contribution < 1.29 is 10.2 Å². The minimum Gasteiger partial charge on any atom is -0.508 e. The molecule has 5 nitrogen and oxygen atoms in total. The van der Waals surface area contributed by atoms with Crippen LogP contribution in [0.4, 0.5) is 0 Å². The quantitative estimate of drug-likeness (QED) is 0.433. The van der Waals surface area contributed by atoms with Crippen LogP contribution in [0.3, 0.4) is 0 Å². The van der Waals surface area contributed by atoms with Crippen LogP contribution in [-0.2, 0) is 13.0 Å². The van der Waals surface area contributed by atoms with E-state index in [1.807, 2.05) is 0 Å². The number of aliphatic hydroxyl groups is 1. The fraction of sp³-hybridized carbons (Fsp3) is 0.333. The Morgan fingerprint density at radius 2 is 2.21 bits per heavy atom. The van der Waals surface area contributed by atoms with Gasteiger partial charge in [0.2, 0.25) is 0 Å². The fourth-order valence-electron chi connectivity index (χ4n) is 1.14. The molecule has 0 spiro atoms. The van der Waals surface area contributed by atoms with Crippen LogP contribution < -0.4 is 0 Å². The van der Waals surface area contributed by atoms with Gasteiger partial charge >= 0.3 is 0 Å². The van der Waals surface area contributed by atoms with Gasteiger partial charge in [-0.05, 0) is 29.6 Å². The third kappa shape index (κ3) is 2.65. The van der Waals surface area contributed by atoms with Gasteiger partial charge in [0, 0.05) is 17.0 Å². The highest BCUT2D eigenvalue weighted by Gasteiger charge is 2.00. The van der Waals surface area contributed by atoms with Crippen LogP contribution in [-0.4, -0.2) is 16.8 Å². The number of rotatable bonds is 4. The van der Waals surface area contributed by atoms with Gasteiger partial charge in [-0.3, -0.25) is 0 Å². The average molecular weight is 193 g/mol. The first-order valence-corrected chi connectivity index (χ1v) is 4.20. The second-order valence-corrected chi connectivity index (χ2v) is 2.83. The molecule has 0 heterocycles. The molecule has 0 saturated carbocycles. The molecule has 0 radical (unpaired) electrons. The largest absolute Gasteiger partial charge is 0.508 e. The lowest BCUT2D eigenvalue weighted by Gasteiger charge is -2.03. The highest BCUT2D eigenvalue weighted by atomic mass is 16.3. The van der Waals surface area contributed by atoms with Crippen molar-refractivity contribution in [1.82, 2.24) is 0 Å². The van der Waals surface area contributed by atoms with Gasteiger partial charge in [0.25, 0.3) is 0 Å². The molecule has 0 fully saturated rings. The molecule has 1 aromatic rings. The predicted molar refractivity (Wildman–Crippen MR) is 51.7 cm³/mol. The van der Waals surface area contributed by atoms with Gasteiger partial charge in [0.15, 0.2) is 0 Å². The molecular weight excluding hydrogens is 182 g/mol. The summed E-state index contributed by atoms with van der Waals surface area (Å²) in [5.41, 5.74) is 9.49. The Bertz CT molecular complexity index is 359. The molecule has 74 valence electrons. The van der Waals surface area contributed by atoms with Crippen LogP contribution >= 0.6 is 0 Å². The van der Waals surface area contributed by atoms with Crippen molar-refractivity contribution in [3.63, 3.8) is 0 Å². The van der Waals surface area contributed by atoms with E-state index in [9.17, 15) is 5.11 Å². The first kappa shape index (κ1) is 10.4. The van der Waals surface area contributed by atoms with Crippen molar-refractivity contribution in [2.75, 3.05) is 6.54 Å². The summed E-state index contributed by atoms with van der Waals surface area (Å²) in [6, 6.07) is 4.96. The normalized spacial score (nSPS) is 9.50. The smallest absolute Gasteiger partial charge is 0.121 e. The summed E-state index contributed by atoms with van der Waals surface area (Å²) in [5, 5.41) is 21.5. The van der Waals surface area contributed by atoms with Crippen LogP contribution in [0.2, 0.25) is 0 Å². The Balaban J connectivity index is 2.73. The monoisotopic (exact) mass is 193 g/mol. The number of hydrogen-bond acceptors (Lipinski definition) is 3. The molecule has 0 amide bonds. The molecule has 0 atom stereocenters. The predicted octanol–water partition coefficient (Wildman–Crippen LogP) is 1.74. The summed E-state index contributed by atoms with van der Waals surface area (Å²) in [7, 11) is 0. The van der Waals surface area contributed by atoms with Gasteiger partial charge in [-0.2, -0.15) is 0 Å². The van der Waals surface area contributed by atoms with E-state index < -0.39 is 0 Å². The molecule has 1 aromatic carbocycles. The second-order valence-electron chi connectivity index (χ2n) is 2.83. The van der Waals surface area contributed by atoms with Crippen molar-refractivity contribution >= 4 is 0 Å². The summed E-state index contributed by atoms with van der Waals surface area (Å²) in [5.74, 6) is 0.0834. The molecule has 14 heavy (non-hydrogen) atoms. The van der Waals surface area contributed by atoms with Gasteiger partial charge in [-0.1, -0.05) is 11.2 Å². The third-order valence-corrected chi connectivity index (χ3v) is 1.88. The van der Waals surface area contributed by atoms with Gasteiger partial charge in [0.05, 0.1) is 6.61 Å². The first-order valence-electron chi connectivity index (χ1n) is 4.20. The lowest BCUT2D eigenvalue weighted by atomic mass is 10.1. The minimum absolute atomic E-state index is 0.0834. The topological polar surface area (TPSA) is 89.2 Å². The van der Waals surface area contributed by atoms with Crippen LogP contribution in [0.1, 0.15) is 11.1 Å². The van der Waals surface area contributed by atoms with E-state index in [1.165, 1.54) is 6.07 Å². The number of benzene rings is 1. The van der Waals surface area contributed by atoms with Gasteiger partial charge < -0.3 is 10.2 Å². The van der Waals surface area contributed by atoms with E-state index in [4.69, 9.17) is 10.6 Å². The molecule has 1 rings (SSSR count). The van der Waals surface area contributed by atoms with E-state index in [0.29, 0.717) is 18.5 Å². The van der Waals surface area contributed by atoms with E-state index in [-0.39, 0.29) is 12.4 Å². The van der Waals surface area contributed by atoms with E-state index >= 15 is 0 Å². The molecule has 2 N–H and O–H groups in total. The van der Waals surface area contributed by atoms with Crippen molar-refractivity contribution in [3.8, 4) is 5.75 Å². The summed E-state index contributed by atoms with van der Waals surface area (Å²) in [4.78, 5) is 2.64. The molecule has 0 aliphatic rings. The Morgan fingerprint density at radius 1 is 1.43 bits per heavy atom. The molecule has 0 aliphatic heterocycles. The molecule has 0 unspecified atom stereocenters. The maximum absolute atomic E-state index is 9.26. The van der Waals surface area contributed by atoms with Crippen molar-refractivity contribution in [2.45, 2.75) is 13.0 Å². The average Bonchev–Trinajstić information content (AvgIpc) is 2.21. The van der Waals surface area contributed by atoms with Crippen LogP contribution in [0, 0.1) is 0 Å². The molecule has 5 heteroatoms. The third-order valence-electron chi connectivity index (χ3n) is 1.88. The zero-order valence-electron chi connectivity index (χ0n) is 7.59. The number of aromatic hydroxyl groups is 1. The molecule has 0 aromatic heterocycles. The Hall–Kier alpha value is -1.71. The van der Waals surface area contributed by atoms with Crippen LogP contribution in [0.15, 0.2) is 23.3 Å². The van der Waals surface area contributed by atoms with Crippen LogP contribution in [0.25, 0.3) is 10.4 Å². The van der Waals surface area contributed by atoms with Crippen molar-refractivity contribution in [1.29, 1.82) is 0 Å². The minimum atomic E-state index is -0.193. The summed E-state index contributed by atoms with van der Waals surface area (Å²) < 4.78 is 0. The molecule has 0 aliphatic carbocycles. The number of nitrogens with zero attached hydrogens (tertiary/aromatic N) is 3. The van der Waals surface area contributed by atoms with Crippen LogP contribution in [0.5, 0.6) is 5.75 Å².